The van der Waals surface area contributed by atoms with Crippen LogP contribution in [0.4, 0.5) is 0 Å². The van der Waals surface area contributed by atoms with Gasteiger partial charge in [-0.1, -0.05) is 25.7 Å². The molecule has 1 aliphatic heterocycles. The number of unbranched alkanes of at least 4 members (excludes halogenated alkanes) is 3. The van der Waals surface area contributed by atoms with Crippen LogP contribution in [0.15, 0.2) is 0 Å². The summed E-state index contributed by atoms with van der Waals surface area (Å²) in [7, 11) is 0. The van der Waals surface area contributed by atoms with Gasteiger partial charge in [-0.05, 0) is 20.3 Å². The van der Waals surface area contributed by atoms with Crippen molar-refractivity contribution in [2.75, 3.05) is 0 Å². The Hall–Kier alpha value is -0.480. The van der Waals surface area contributed by atoms with Gasteiger partial charge < -0.3 is 4.74 Å². The van der Waals surface area contributed by atoms with Crippen molar-refractivity contribution in [2.45, 2.75) is 58.2 Å². The Morgan fingerprint density at radius 2 is 2.00 bits per heavy atom. The van der Waals surface area contributed by atoms with Gasteiger partial charge in [0.15, 0.2) is 0 Å². The molecule has 0 unspecified atom stereocenters. The predicted molar refractivity (Wildman–Crippen MR) is 50.9 cm³/mol. The van der Waals surface area contributed by atoms with Crippen LogP contribution < -0.4 is 0 Å². The van der Waals surface area contributed by atoms with Crippen LogP contribution in [-0.2, 0) is 4.74 Å². The fourth-order valence-electron chi connectivity index (χ4n) is 1.10. The fourth-order valence-corrected chi connectivity index (χ4v) is 1.10. The van der Waals surface area contributed by atoms with Gasteiger partial charge in [0.05, 0.1) is 0 Å². The number of ether oxygens (including phenoxy) is 1. The molecule has 0 aromatic carbocycles. The molecule has 1 atom stereocenters. The molecule has 1 rings (SSSR count). The molecular formula is C11H18O. The van der Waals surface area contributed by atoms with Crippen molar-refractivity contribution in [1.82, 2.24) is 0 Å². The van der Waals surface area contributed by atoms with Crippen LogP contribution in [0.25, 0.3) is 0 Å². The summed E-state index contributed by atoms with van der Waals surface area (Å²) in [4.78, 5) is 0. The minimum atomic E-state index is 0.0394. The molecule has 0 radical (unpaired) electrons. The van der Waals surface area contributed by atoms with Crippen molar-refractivity contribution < 1.29 is 4.74 Å². The minimum absolute atomic E-state index is 0.0394. The van der Waals surface area contributed by atoms with Crippen LogP contribution in [0.3, 0.4) is 0 Å². The largest absolute Gasteiger partial charge is 0.353 e. The lowest BCUT2D eigenvalue weighted by Crippen LogP contribution is -1.99. The molecule has 0 N–H and O–H groups in total. The van der Waals surface area contributed by atoms with E-state index in [2.05, 4.69) is 32.6 Å². The third kappa shape index (κ3) is 2.87. The molecule has 12 heavy (non-hydrogen) atoms. The molecule has 0 aliphatic carbocycles. The molecule has 1 heterocycles. The van der Waals surface area contributed by atoms with Crippen LogP contribution >= 0.6 is 0 Å². The van der Waals surface area contributed by atoms with Gasteiger partial charge in [0.2, 0.25) is 0 Å². The first kappa shape index (κ1) is 9.61. The first-order valence-electron chi connectivity index (χ1n) is 4.83. The number of rotatable bonds is 3. The van der Waals surface area contributed by atoms with Crippen LogP contribution in [0, 0.1) is 11.8 Å². The molecular weight excluding hydrogens is 148 g/mol. The molecule has 1 saturated heterocycles. The SMILES string of the molecule is CCCCCC#C[C@H]1OC1(C)C. The Morgan fingerprint density at radius 3 is 2.50 bits per heavy atom. The molecule has 0 bridgehead atoms. The van der Waals surface area contributed by atoms with Crippen molar-refractivity contribution >= 4 is 0 Å². The average molecular weight is 166 g/mol. The van der Waals surface area contributed by atoms with Crippen molar-refractivity contribution in [3.05, 3.63) is 0 Å². The van der Waals surface area contributed by atoms with E-state index in [1.165, 1.54) is 19.3 Å². The lowest BCUT2D eigenvalue weighted by Gasteiger charge is -1.88. The zero-order valence-electron chi connectivity index (χ0n) is 8.31. The molecule has 1 fully saturated rings. The van der Waals surface area contributed by atoms with Gasteiger partial charge in [-0.2, -0.15) is 0 Å². The van der Waals surface area contributed by atoms with Crippen LogP contribution in [0.1, 0.15) is 46.5 Å². The maximum atomic E-state index is 5.34. The van der Waals surface area contributed by atoms with Crippen LogP contribution in [-0.4, -0.2) is 11.7 Å². The quantitative estimate of drug-likeness (QED) is 0.357. The fraction of sp³-hybridized carbons (Fsp3) is 0.818. The van der Waals surface area contributed by atoms with E-state index < -0.39 is 0 Å². The first-order chi connectivity index (χ1) is 5.67. The van der Waals surface area contributed by atoms with Crippen molar-refractivity contribution in [1.29, 1.82) is 0 Å². The monoisotopic (exact) mass is 166 g/mol. The highest BCUT2D eigenvalue weighted by Crippen LogP contribution is 2.34. The first-order valence-corrected chi connectivity index (χ1v) is 4.83. The summed E-state index contributed by atoms with van der Waals surface area (Å²) in [6.07, 6.45) is 5.04. The third-order valence-electron chi connectivity index (χ3n) is 2.13. The second-order valence-electron chi connectivity index (χ2n) is 3.88. The van der Waals surface area contributed by atoms with Gasteiger partial charge in [0.25, 0.3) is 0 Å². The smallest absolute Gasteiger partial charge is 0.147 e. The van der Waals surface area contributed by atoms with E-state index in [4.69, 9.17) is 4.74 Å². The van der Waals surface area contributed by atoms with Crippen molar-refractivity contribution in [2.24, 2.45) is 0 Å². The number of hydrogen-bond donors (Lipinski definition) is 0. The van der Waals surface area contributed by atoms with Gasteiger partial charge in [-0.25, -0.2) is 0 Å². The van der Waals surface area contributed by atoms with Gasteiger partial charge in [0.1, 0.15) is 11.7 Å². The molecule has 1 aliphatic rings. The highest BCUT2D eigenvalue weighted by atomic mass is 16.6. The lowest BCUT2D eigenvalue weighted by molar-refractivity contribution is 0.335. The van der Waals surface area contributed by atoms with E-state index in [1.807, 2.05) is 0 Å². The molecule has 0 saturated carbocycles. The Kier molecular flexibility index (Phi) is 3.17. The molecule has 68 valence electrons. The molecule has 0 aromatic rings. The number of epoxide rings is 1. The van der Waals surface area contributed by atoms with Crippen molar-refractivity contribution in [3.63, 3.8) is 0 Å². The highest BCUT2D eigenvalue weighted by molar-refractivity contribution is 5.18. The summed E-state index contributed by atoms with van der Waals surface area (Å²) in [6.45, 7) is 6.37. The zero-order valence-corrected chi connectivity index (χ0v) is 8.31. The topological polar surface area (TPSA) is 12.5 Å². The second-order valence-corrected chi connectivity index (χ2v) is 3.88. The minimum Gasteiger partial charge on any atom is -0.353 e. The standard InChI is InChI=1S/C11H18O/c1-4-5-6-7-8-9-10-11(2,3)12-10/h10H,4-7H2,1-3H3/t10-/m1/s1. The molecule has 0 aromatic heterocycles. The van der Waals surface area contributed by atoms with E-state index in [0.717, 1.165) is 6.42 Å². The van der Waals surface area contributed by atoms with Crippen LogP contribution in [0.5, 0.6) is 0 Å². The van der Waals surface area contributed by atoms with E-state index >= 15 is 0 Å². The second kappa shape index (κ2) is 3.96. The molecule has 1 nitrogen and oxygen atoms in total. The van der Waals surface area contributed by atoms with Gasteiger partial charge >= 0.3 is 0 Å². The maximum Gasteiger partial charge on any atom is 0.147 e. The third-order valence-corrected chi connectivity index (χ3v) is 2.13. The van der Waals surface area contributed by atoms with E-state index in [-0.39, 0.29) is 11.7 Å². The molecule has 0 amide bonds. The summed E-state index contributed by atoms with van der Waals surface area (Å²) in [6, 6.07) is 0. The average Bonchev–Trinajstić information content (AvgIpc) is 2.59. The molecule has 1 heteroatoms. The van der Waals surface area contributed by atoms with Crippen molar-refractivity contribution in [3.8, 4) is 11.8 Å². The molecule has 0 spiro atoms. The van der Waals surface area contributed by atoms with E-state index in [0.29, 0.717) is 0 Å². The normalized spacial score (nSPS) is 24.4. The van der Waals surface area contributed by atoms with Gasteiger partial charge in [-0.15, -0.1) is 5.92 Å². The Bertz CT molecular complexity index is 195. The summed E-state index contributed by atoms with van der Waals surface area (Å²) in [5, 5.41) is 0. The highest BCUT2D eigenvalue weighted by Gasteiger charge is 2.46. The summed E-state index contributed by atoms with van der Waals surface area (Å²) in [5.41, 5.74) is 0.0394. The van der Waals surface area contributed by atoms with E-state index in [9.17, 15) is 0 Å². The maximum absolute atomic E-state index is 5.34. The zero-order chi connectivity index (χ0) is 9.03. The van der Waals surface area contributed by atoms with Gasteiger partial charge in [-0.3, -0.25) is 0 Å². The van der Waals surface area contributed by atoms with Crippen LogP contribution in [0.2, 0.25) is 0 Å². The van der Waals surface area contributed by atoms with E-state index in [1.54, 1.807) is 0 Å². The summed E-state index contributed by atoms with van der Waals surface area (Å²) in [5.74, 6) is 6.30. The Balaban J connectivity index is 2.06. The Morgan fingerprint density at radius 1 is 1.33 bits per heavy atom. The number of hydrogen-bond acceptors (Lipinski definition) is 1. The summed E-state index contributed by atoms with van der Waals surface area (Å²) < 4.78 is 5.34. The van der Waals surface area contributed by atoms with Gasteiger partial charge in [0, 0.05) is 6.42 Å². The Labute approximate surface area is 75.5 Å². The lowest BCUT2D eigenvalue weighted by atomic mass is 10.1. The summed E-state index contributed by atoms with van der Waals surface area (Å²) >= 11 is 0. The predicted octanol–water partition coefficient (Wildman–Crippen LogP) is 2.75.